The molecule has 25 heavy (non-hydrogen) atoms. The van der Waals surface area contributed by atoms with Gasteiger partial charge < -0.3 is 19.7 Å². The van der Waals surface area contributed by atoms with Gasteiger partial charge in [-0.25, -0.2) is 9.38 Å². The van der Waals surface area contributed by atoms with E-state index in [0.717, 1.165) is 44.2 Å². The zero-order valence-electron chi connectivity index (χ0n) is 15.6. The number of rotatable bonds is 8. The number of aliphatic imine (C=N–C) groups is 1. The summed E-state index contributed by atoms with van der Waals surface area (Å²) in [6, 6.07) is 5.17. The van der Waals surface area contributed by atoms with Crippen molar-refractivity contribution in [3.8, 4) is 0 Å². The van der Waals surface area contributed by atoms with E-state index in [-0.39, 0.29) is 5.82 Å². The maximum atomic E-state index is 13.4. The van der Waals surface area contributed by atoms with Crippen molar-refractivity contribution < 1.29 is 13.9 Å². The predicted octanol–water partition coefficient (Wildman–Crippen LogP) is 2.58. The lowest BCUT2D eigenvalue weighted by atomic mass is 10.1. The second-order valence-electron chi connectivity index (χ2n) is 6.42. The van der Waals surface area contributed by atoms with Crippen molar-refractivity contribution in [3.63, 3.8) is 0 Å². The molecule has 0 saturated carbocycles. The van der Waals surface area contributed by atoms with Crippen LogP contribution in [0.2, 0.25) is 0 Å². The smallest absolute Gasteiger partial charge is 0.194 e. The van der Waals surface area contributed by atoms with E-state index in [1.807, 2.05) is 6.07 Å². The number of guanidine groups is 1. The largest absolute Gasteiger partial charge is 0.382 e. The van der Waals surface area contributed by atoms with Gasteiger partial charge in [0.15, 0.2) is 5.96 Å². The second kappa shape index (κ2) is 10.4. The molecule has 0 aliphatic carbocycles. The Labute approximate surface area is 150 Å². The Kier molecular flexibility index (Phi) is 8.15. The lowest BCUT2D eigenvalue weighted by molar-refractivity contribution is 0.0536. The molecule has 1 aliphatic heterocycles. The summed E-state index contributed by atoms with van der Waals surface area (Å²) >= 11 is 0. The third-order valence-electron chi connectivity index (χ3n) is 4.34. The number of halogens is 1. The molecule has 0 aromatic heterocycles. The van der Waals surface area contributed by atoms with Gasteiger partial charge in [-0.15, -0.1) is 0 Å². The first-order valence-corrected chi connectivity index (χ1v) is 8.99. The number of nitrogens with zero attached hydrogens (tertiary/aromatic N) is 2. The summed E-state index contributed by atoms with van der Waals surface area (Å²) in [5.74, 6) is 1.27. The molecule has 1 fully saturated rings. The van der Waals surface area contributed by atoms with Gasteiger partial charge in [0, 0.05) is 32.7 Å². The van der Waals surface area contributed by atoms with Crippen molar-refractivity contribution >= 4 is 5.96 Å². The minimum Gasteiger partial charge on any atom is -0.382 e. The average Bonchev–Trinajstić information content (AvgIpc) is 3.07. The molecule has 6 heteroatoms. The van der Waals surface area contributed by atoms with E-state index in [4.69, 9.17) is 14.5 Å². The quantitative estimate of drug-likeness (QED) is 0.444. The van der Waals surface area contributed by atoms with Crippen LogP contribution >= 0.6 is 0 Å². The fourth-order valence-corrected chi connectivity index (χ4v) is 2.95. The Hall–Kier alpha value is -1.66. The van der Waals surface area contributed by atoms with Crippen LogP contribution in [0.15, 0.2) is 23.2 Å². The Bertz CT molecular complexity index is 566. The van der Waals surface area contributed by atoms with Crippen LogP contribution in [0.4, 0.5) is 4.39 Å². The molecule has 1 saturated heterocycles. The zero-order valence-corrected chi connectivity index (χ0v) is 15.6. The fourth-order valence-electron chi connectivity index (χ4n) is 2.95. The molecule has 1 aromatic carbocycles. The summed E-state index contributed by atoms with van der Waals surface area (Å²) in [5, 5.41) is 3.36. The summed E-state index contributed by atoms with van der Waals surface area (Å²) in [5.41, 5.74) is 1.68. The number of hydrogen-bond acceptors (Lipinski definition) is 3. The first kappa shape index (κ1) is 19.7. The lowest BCUT2D eigenvalue weighted by Crippen LogP contribution is -2.40. The number of aryl methyl sites for hydroxylation is 1. The highest BCUT2D eigenvalue weighted by molar-refractivity contribution is 5.80. The van der Waals surface area contributed by atoms with E-state index < -0.39 is 0 Å². The van der Waals surface area contributed by atoms with Crippen LogP contribution < -0.4 is 5.32 Å². The van der Waals surface area contributed by atoms with Crippen LogP contribution in [0.1, 0.15) is 24.5 Å². The summed E-state index contributed by atoms with van der Waals surface area (Å²) in [4.78, 5) is 7.01. The first-order chi connectivity index (χ1) is 12.1. The standard InChI is InChI=1S/C19H30FN3O2/c1-4-21-19(22-12-16-5-6-18(20)15(2)11-16)23-8-7-17(13-23)14-25-10-9-24-3/h5-6,11,17H,4,7-10,12-14H2,1-3H3,(H,21,22). The Balaban J connectivity index is 1.90. The van der Waals surface area contributed by atoms with Gasteiger partial charge in [0.1, 0.15) is 5.82 Å². The van der Waals surface area contributed by atoms with Crippen molar-refractivity contribution in [1.82, 2.24) is 10.2 Å². The molecule has 0 radical (unpaired) electrons. The minimum atomic E-state index is -0.171. The highest BCUT2D eigenvalue weighted by atomic mass is 19.1. The molecule has 1 N–H and O–H groups in total. The topological polar surface area (TPSA) is 46.1 Å². The fraction of sp³-hybridized carbons (Fsp3) is 0.632. The third-order valence-corrected chi connectivity index (χ3v) is 4.34. The van der Waals surface area contributed by atoms with Gasteiger partial charge in [-0.05, 0) is 37.5 Å². The number of likely N-dealkylation sites (tertiary alicyclic amines) is 1. The molecule has 1 heterocycles. The summed E-state index contributed by atoms with van der Waals surface area (Å²) in [6.07, 6.45) is 1.10. The molecule has 1 atom stereocenters. The minimum absolute atomic E-state index is 0.171. The van der Waals surface area contributed by atoms with E-state index in [1.165, 1.54) is 6.07 Å². The van der Waals surface area contributed by atoms with Crippen LogP contribution in [0.3, 0.4) is 0 Å². The number of hydrogen-bond donors (Lipinski definition) is 1. The van der Waals surface area contributed by atoms with Gasteiger partial charge in [-0.2, -0.15) is 0 Å². The molecule has 5 nitrogen and oxygen atoms in total. The van der Waals surface area contributed by atoms with Crippen LogP contribution in [-0.2, 0) is 16.0 Å². The lowest BCUT2D eigenvalue weighted by Gasteiger charge is -2.21. The molecule has 0 amide bonds. The van der Waals surface area contributed by atoms with Gasteiger partial charge >= 0.3 is 0 Å². The van der Waals surface area contributed by atoms with Gasteiger partial charge in [0.2, 0.25) is 0 Å². The molecular weight excluding hydrogens is 321 g/mol. The number of ether oxygens (including phenoxy) is 2. The highest BCUT2D eigenvalue weighted by Gasteiger charge is 2.24. The predicted molar refractivity (Wildman–Crippen MR) is 98.3 cm³/mol. The maximum Gasteiger partial charge on any atom is 0.194 e. The Morgan fingerprint density at radius 2 is 2.24 bits per heavy atom. The molecular formula is C19H30FN3O2. The normalized spacial score (nSPS) is 18.0. The molecule has 1 unspecified atom stereocenters. The maximum absolute atomic E-state index is 13.4. The van der Waals surface area contributed by atoms with Gasteiger partial charge in [0.25, 0.3) is 0 Å². The van der Waals surface area contributed by atoms with E-state index in [1.54, 1.807) is 20.1 Å². The first-order valence-electron chi connectivity index (χ1n) is 8.99. The second-order valence-corrected chi connectivity index (χ2v) is 6.42. The molecule has 1 aliphatic rings. The molecule has 0 spiro atoms. The van der Waals surface area contributed by atoms with Gasteiger partial charge in [0.05, 0.1) is 26.4 Å². The number of nitrogens with one attached hydrogen (secondary N) is 1. The van der Waals surface area contributed by atoms with Crippen LogP contribution in [0.25, 0.3) is 0 Å². The van der Waals surface area contributed by atoms with E-state index in [2.05, 4.69) is 17.1 Å². The van der Waals surface area contributed by atoms with Crippen molar-refractivity contribution in [1.29, 1.82) is 0 Å². The number of methoxy groups -OCH3 is 1. The number of benzene rings is 1. The summed E-state index contributed by atoms with van der Waals surface area (Å²) in [6.45, 7) is 9.19. The van der Waals surface area contributed by atoms with Crippen molar-refractivity contribution in [3.05, 3.63) is 35.1 Å². The monoisotopic (exact) mass is 351 g/mol. The SMILES string of the molecule is CCNC(=NCc1ccc(F)c(C)c1)N1CCC(COCCOC)C1. The van der Waals surface area contributed by atoms with Crippen LogP contribution in [0, 0.1) is 18.7 Å². The van der Waals surface area contributed by atoms with Gasteiger partial charge in [-0.3, -0.25) is 0 Å². The van der Waals surface area contributed by atoms with Crippen LogP contribution in [0.5, 0.6) is 0 Å². The van der Waals surface area contributed by atoms with E-state index in [9.17, 15) is 4.39 Å². The molecule has 2 rings (SSSR count). The van der Waals surface area contributed by atoms with Crippen molar-refractivity contribution in [2.45, 2.75) is 26.8 Å². The Morgan fingerprint density at radius 1 is 1.40 bits per heavy atom. The molecule has 140 valence electrons. The third kappa shape index (κ3) is 6.29. The van der Waals surface area contributed by atoms with Crippen molar-refractivity contribution in [2.24, 2.45) is 10.9 Å². The van der Waals surface area contributed by atoms with Crippen molar-refractivity contribution in [2.75, 3.05) is 46.6 Å². The Morgan fingerprint density at radius 3 is 2.96 bits per heavy atom. The average molecular weight is 351 g/mol. The van der Waals surface area contributed by atoms with E-state index in [0.29, 0.717) is 31.2 Å². The van der Waals surface area contributed by atoms with Gasteiger partial charge in [-0.1, -0.05) is 12.1 Å². The molecule has 0 bridgehead atoms. The highest BCUT2D eigenvalue weighted by Crippen LogP contribution is 2.17. The molecule has 1 aromatic rings. The summed E-state index contributed by atoms with van der Waals surface area (Å²) in [7, 11) is 1.68. The zero-order chi connectivity index (χ0) is 18.1. The van der Waals surface area contributed by atoms with E-state index >= 15 is 0 Å². The van der Waals surface area contributed by atoms with Crippen LogP contribution in [-0.4, -0.2) is 57.4 Å². The summed E-state index contributed by atoms with van der Waals surface area (Å²) < 4.78 is 24.0.